The Labute approximate surface area is 147 Å². The van der Waals surface area contributed by atoms with Gasteiger partial charge in [-0.25, -0.2) is 4.39 Å². The number of carbonyl (C=O) groups excluding carboxylic acids is 2. The minimum atomic E-state index is -0.539. The number of benzene rings is 2. The Morgan fingerprint density at radius 1 is 1.08 bits per heavy atom. The number of rotatable bonds is 8. The fourth-order valence-corrected chi connectivity index (χ4v) is 2.78. The maximum atomic E-state index is 13.0. The molecule has 2 amide bonds. The average Bonchev–Trinajstić information content (AvgIpc) is 2.61. The number of halogens is 1. The van der Waals surface area contributed by atoms with E-state index in [1.807, 2.05) is 37.3 Å². The first-order valence-electron chi connectivity index (χ1n) is 8.37. The topological polar surface area (TPSA) is 72.2 Å². The van der Waals surface area contributed by atoms with E-state index in [9.17, 15) is 14.0 Å². The summed E-state index contributed by atoms with van der Waals surface area (Å²) in [6, 6.07) is 15.4. The van der Waals surface area contributed by atoms with Gasteiger partial charge in [0.15, 0.2) is 0 Å². The zero-order chi connectivity index (χ0) is 18.2. The third kappa shape index (κ3) is 5.41. The van der Waals surface area contributed by atoms with Crippen LogP contribution in [0.5, 0.6) is 0 Å². The lowest BCUT2D eigenvalue weighted by Gasteiger charge is -2.19. The summed E-state index contributed by atoms with van der Waals surface area (Å²) in [5.74, 6) is -1.75. The third-order valence-electron chi connectivity index (χ3n) is 4.25. The highest BCUT2D eigenvalue weighted by molar-refractivity contribution is 5.84. The van der Waals surface area contributed by atoms with Gasteiger partial charge in [-0.3, -0.25) is 9.59 Å². The molecular formula is C20H23FN2O2. The number of primary amides is 1. The summed E-state index contributed by atoms with van der Waals surface area (Å²) < 4.78 is 13.0. The molecule has 4 nitrogen and oxygen atoms in total. The van der Waals surface area contributed by atoms with Gasteiger partial charge in [0, 0.05) is 6.54 Å². The van der Waals surface area contributed by atoms with Crippen molar-refractivity contribution in [1.29, 1.82) is 0 Å². The highest BCUT2D eigenvalue weighted by Crippen LogP contribution is 2.19. The number of amides is 2. The van der Waals surface area contributed by atoms with E-state index in [1.165, 1.54) is 12.1 Å². The van der Waals surface area contributed by atoms with Crippen molar-refractivity contribution in [3.63, 3.8) is 0 Å². The average molecular weight is 342 g/mol. The molecule has 0 radical (unpaired) electrons. The predicted octanol–water partition coefficient (Wildman–Crippen LogP) is 2.78. The van der Waals surface area contributed by atoms with E-state index in [0.29, 0.717) is 12.8 Å². The molecule has 0 spiro atoms. The lowest BCUT2D eigenvalue weighted by molar-refractivity contribution is -0.124. The Balaban J connectivity index is 1.98. The van der Waals surface area contributed by atoms with Crippen molar-refractivity contribution in [2.75, 3.05) is 6.54 Å². The molecule has 0 bridgehead atoms. The summed E-state index contributed by atoms with van der Waals surface area (Å²) >= 11 is 0. The van der Waals surface area contributed by atoms with Crippen LogP contribution in [0, 0.1) is 11.7 Å². The molecule has 0 fully saturated rings. The molecule has 2 aromatic rings. The third-order valence-corrected chi connectivity index (χ3v) is 4.25. The van der Waals surface area contributed by atoms with Crippen molar-refractivity contribution in [3.05, 3.63) is 71.5 Å². The maximum Gasteiger partial charge on any atom is 0.227 e. The molecule has 0 aliphatic heterocycles. The zero-order valence-corrected chi connectivity index (χ0v) is 14.2. The molecule has 5 heteroatoms. The molecule has 2 aromatic carbocycles. The maximum absolute atomic E-state index is 13.0. The largest absolute Gasteiger partial charge is 0.369 e. The Kier molecular flexibility index (Phi) is 6.69. The van der Waals surface area contributed by atoms with Gasteiger partial charge in [-0.1, -0.05) is 49.4 Å². The summed E-state index contributed by atoms with van der Waals surface area (Å²) in [6.07, 6.45) is 1.02. The van der Waals surface area contributed by atoms with Gasteiger partial charge in [0.2, 0.25) is 11.8 Å². The van der Waals surface area contributed by atoms with E-state index >= 15 is 0 Å². The van der Waals surface area contributed by atoms with Crippen LogP contribution in [-0.2, 0) is 16.0 Å². The van der Waals surface area contributed by atoms with E-state index in [1.54, 1.807) is 12.1 Å². The summed E-state index contributed by atoms with van der Waals surface area (Å²) in [5, 5.41) is 2.83. The first-order chi connectivity index (χ1) is 12.0. The lowest BCUT2D eigenvalue weighted by Crippen LogP contribution is -2.39. The molecule has 2 atom stereocenters. The zero-order valence-electron chi connectivity index (χ0n) is 14.2. The number of carbonyl (C=O) groups is 2. The van der Waals surface area contributed by atoms with E-state index in [0.717, 1.165) is 11.1 Å². The number of nitrogens with two attached hydrogens (primary N) is 1. The van der Waals surface area contributed by atoms with Crippen LogP contribution in [0.3, 0.4) is 0 Å². The van der Waals surface area contributed by atoms with Gasteiger partial charge in [0.05, 0.1) is 11.8 Å². The monoisotopic (exact) mass is 342 g/mol. The van der Waals surface area contributed by atoms with Crippen LogP contribution in [-0.4, -0.2) is 18.4 Å². The molecule has 0 unspecified atom stereocenters. The van der Waals surface area contributed by atoms with Crippen molar-refractivity contribution >= 4 is 11.8 Å². The van der Waals surface area contributed by atoms with Crippen LogP contribution >= 0.6 is 0 Å². The van der Waals surface area contributed by atoms with Crippen LogP contribution in [0.2, 0.25) is 0 Å². The van der Waals surface area contributed by atoms with Crippen molar-refractivity contribution in [3.8, 4) is 0 Å². The summed E-state index contributed by atoms with van der Waals surface area (Å²) in [7, 11) is 0. The highest BCUT2D eigenvalue weighted by atomic mass is 19.1. The Bertz CT molecular complexity index is 701. The SMILES string of the molecule is CC[C@@H](C(=O)NC[C@H](Cc1ccc(F)cc1)C(N)=O)c1ccccc1. The van der Waals surface area contributed by atoms with Crippen LogP contribution in [0.15, 0.2) is 54.6 Å². The van der Waals surface area contributed by atoms with Gasteiger partial charge in [-0.2, -0.15) is 0 Å². The van der Waals surface area contributed by atoms with Gasteiger partial charge in [-0.15, -0.1) is 0 Å². The Morgan fingerprint density at radius 2 is 1.72 bits per heavy atom. The minimum Gasteiger partial charge on any atom is -0.369 e. The second-order valence-electron chi connectivity index (χ2n) is 6.05. The van der Waals surface area contributed by atoms with Crippen molar-refractivity contribution < 1.29 is 14.0 Å². The molecule has 0 heterocycles. The molecule has 3 N–H and O–H groups in total. The lowest BCUT2D eigenvalue weighted by atomic mass is 9.94. The van der Waals surface area contributed by atoms with E-state index in [-0.39, 0.29) is 24.2 Å². The fraction of sp³-hybridized carbons (Fsp3) is 0.300. The molecule has 0 aliphatic rings. The number of nitrogens with one attached hydrogen (secondary N) is 1. The van der Waals surface area contributed by atoms with Crippen LogP contribution in [0.4, 0.5) is 4.39 Å². The Morgan fingerprint density at radius 3 is 2.28 bits per heavy atom. The fourth-order valence-electron chi connectivity index (χ4n) is 2.78. The molecule has 0 saturated heterocycles. The summed E-state index contributed by atoms with van der Waals surface area (Å²) in [6.45, 7) is 2.11. The molecule has 2 rings (SSSR count). The van der Waals surface area contributed by atoms with Crippen molar-refractivity contribution in [1.82, 2.24) is 5.32 Å². The summed E-state index contributed by atoms with van der Waals surface area (Å²) in [5.41, 5.74) is 7.20. The van der Waals surface area contributed by atoms with Gasteiger partial charge >= 0.3 is 0 Å². The van der Waals surface area contributed by atoms with Gasteiger partial charge in [-0.05, 0) is 36.1 Å². The standard InChI is InChI=1S/C20H23FN2O2/c1-2-18(15-6-4-3-5-7-15)20(25)23-13-16(19(22)24)12-14-8-10-17(21)11-9-14/h3-11,16,18H,2,12-13H2,1H3,(H2,22,24)(H,23,25)/t16-,18+/m0/s1. The molecule has 0 aliphatic carbocycles. The van der Waals surface area contributed by atoms with Crippen molar-refractivity contribution in [2.24, 2.45) is 11.7 Å². The van der Waals surface area contributed by atoms with E-state index < -0.39 is 11.8 Å². The minimum absolute atomic E-state index is 0.126. The van der Waals surface area contributed by atoms with Crippen LogP contribution in [0.1, 0.15) is 30.4 Å². The molecule has 132 valence electrons. The second kappa shape index (κ2) is 8.97. The van der Waals surface area contributed by atoms with Gasteiger partial charge < -0.3 is 11.1 Å². The summed E-state index contributed by atoms with van der Waals surface area (Å²) in [4.78, 5) is 24.2. The smallest absolute Gasteiger partial charge is 0.227 e. The Hall–Kier alpha value is -2.69. The predicted molar refractivity (Wildman–Crippen MR) is 95.3 cm³/mol. The van der Waals surface area contributed by atoms with Crippen molar-refractivity contribution in [2.45, 2.75) is 25.7 Å². The van der Waals surface area contributed by atoms with Gasteiger partial charge in [0.25, 0.3) is 0 Å². The van der Waals surface area contributed by atoms with E-state index in [2.05, 4.69) is 5.32 Å². The molecule has 25 heavy (non-hydrogen) atoms. The van der Waals surface area contributed by atoms with Crippen LogP contribution < -0.4 is 11.1 Å². The quantitative estimate of drug-likeness (QED) is 0.774. The van der Waals surface area contributed by atoms with Gasteiger partial charge in [0.1, 0.15) is 5.82 Å². The molecule has 0 saturated carbocycles. The number of hydrogen-bond donors (Lipinski definition) is 2. The molecular weight excluding hydrogens is 319 g/mol. The number of hydrogen-bond acceptors (Lipinski definition) is 2. The molecule has 0 aromatic heterocycles. The van der Waals surface area contributed by atoms with E-state index in [4.69, 9.17) is 5.73 Å². The first-order valence-corrected chi connectivity index (χ1v) is 8.37. The van der Waals surface area contributed by atoms with Crippen LogP contribution in [0.25, 0.3) is 0 Å². The normalized spacial score (nSPS) is 13.0. The second-order valence-corrected chi connectivity index (χ2v) is 6.05. The highest BCUT2D eigenvalue weighted by Gasteiger charge is 2.22. The first kappa shape index (κ1) is 18.6.